The maximum atomic E-state index is 14.1. The minimum absolute atomic E-state index is 0.00799. The minimum Gasteiger partial charge on any atom is -0.543 e. The number of para-hydroxylation sites is 1. The molecule has 25 nitrogen and oxygen atoms in total. The Kier molecular flexibility index (Phi) is 20.2. The molecule has 4 atom stereocenters. The van der Waals surface area contributed by atoms with Crippen molar-refractivity contribution in [2.45, 2.75) is 162 Å². The first-order valence-electron chi connectivity index (χ1n) is 34.6. The molecule has 7 N–H and O–H groups in total. The second-order valence-corrected chi connectivity index (χ2v) is 30.5. The number of ether oxygens (including phenoxy) is 2. The van der Waals surface area contributed by atoms with Crippen molar-refractivity contribution in [1.82, 2.24) is 50.8 Å². The zero-order valence-electron chi connectivity index (χ0n) is 57.0. The van der Waals surface area contributed by atoms with Gasteiger partial charge in [0, 0.05) is 77.4 Å². The molecule has 4 aromatic heterocycles. The van der Waals surface area contributed by atoms with Gasteiger partial charge in [-0.25, -0.2) is 14.8 Å². The fraction of sp³-hybridized carbons (Fsp3) is 0.528. The Bertz CT molecular complexity index is 3980. The summed E-state index contributed by atoms with van der Waals surface area (Å²) in [5, 5.41) is 42.7. The Morgan fingerprint density at radius 3 is 2.28 bits per heavy atom. The number of pyridine rings is 1. The molecule has 2 aromatic carbocycles. The van der Waals surface area contributed by atoms with E-state index in [4.69, 9.17) is 35.4 Å². The van der Waals surface area contributed by atoms with Gasteiger partial charge in [0.15, 0.2) is 16.8 Å². The summed E-state index contributed by atoms with van der Waals surface area (Å²) >= 11 is 1.55. The van der Waals surface area contributed by atoms with Crippen molar-refractivity contribution in [3.8, 4) is 11.1 Å². The Morgan fingerprint density at radius 1 is 0.816 bits per heavy atom. The molecule has 26 heteroatoms. The predicted octanol–water partition coefficient (Wildman–Crippen LogP) is 7.83. The summed E-state index contributed by atoms with van der Waals surface area (Å²) in [7, 11) is 0. The van der Waals surface area contributed by atoms with Crippen LogP contribution >= 0.6 is 11.3 Å². The summed E-state index contributed by atoms with van der Waals surface area (Å²) in [6.45, 7) is 18.4. The molecule has 4 saturated carbocycles. The fourth-order valence-corrected chi connectivity index (χ4v) is 18.4. The zero-order valence-corrected chi connectivity index (χ0v) is 57.8. The third-order valence-electron chi connectivity index (χ3n) is 21.0. The average molecular weight is 1360 g/mol. The van der Waals surface area contributed by atoms with E-state index < -0.39 is 53.6 Å². The first kappa shape index (κ1) is 69.2. The molecule has 7 aliphatic rings. The lowest BCUT2D eigenvalue weighted by atomic mass is 9.39. The van der Waals surface area contributed by atoms with E-state index in [2.05, 4.69) is 62.3 Å². The quantitative estimate of drug-likeness (QED) is 0.0148. The number of aromatic nitrogens is 6. The number of primary amides is 1. The van der Waals surface area contributed by atoms with Crippen molar-refractivity contribution in [2.24, 2.45) is 27.9 Å². The molecule has 13 rings (SSSR count). The normalized spacial score (nSPS) is 22.8. The summed E-state index contributed by atoms with van der Waals surface area (Å²) in [6, 6.07) is 16.8. The highest BCUT2D eigenvalue weighted by atomic mass is 32.1. The molecule has 4 bridgehead atoms. The van der Waals surface area contributed by atoms with Crippen LogP contribution in [0.5, 0.6) is 0 Å². The number of quaternary nitrogens is 1. The molecule has 98 heavy (non-hydrogen) atoms. The number of nitrogens with two attached hydrogens (primary N) is 1. The smallest absolute Gasteiger partial charge is 0.312 e. The number of hydrogen-bond acceptors (Lipinski definition) is 18. The lowest BCUT2D eigenvalue weighted by Gasteiger charge is -2.69. The van der Waals surface area contributed by atoms with Crippen LogP contribution in [0.3, 0.4) is 0 Å². The summed E-state index contributed by atoms with van der Waals surface area (Å²) in [4.78, 5) is 102. The van der Waals surface area contributed by atoms with Crippen molar-refractivity contribution >= 4 is 91.4 Å². The fourth-order valence-electron chi connectivity index (χ4n) is 17.6. The van der Waals surface area contributed by atoms with Crippen LogP contribution < -0.4 is 42.3 Å². The van der Waals surface area contributed by atoms with E-state index in [0.717, 1.165) is 138 Å². The summed E-state index contributed by atoms with van der Waals surface area (Å²) in [6.07, 6.45) is 15.8. The number of nitrogens with zero attached hydrogens (tertiary/aromatic N) is 9. The number of imide groups is 1. The Morgan fingerprint density at radius 2 is 1.56 bits per heavy atom. The molecule has 0 radical (unpaired) electrons. The van der Waals surface area contributed by atoms with Crippen LogP contribution in [0.25, 0.3) is 21.3 Å². The largest absolute Gasteiger partial charge is 0.543 e. The van der Waals surface area contributed by atoms with Gasteiger partial charge in [0.25, 0.3) is 11.8 Å². The number of anilines is 5. The number of carboxylic acid groups (broad SMARTS) is 1. The third-order valence-corrected chi connectivity index (χ3v) is 21.9. The predicted molar refractivity (Wildman–Crippen MR) is 369 cm³/mol. The van der Waals surface area contributed by atoms with Crippen LogP contribution in [0, 0.1) is 36.0 Å². The van der Waals surface area contributed by atoms with Crippen LogP contribution in [-0.2, 0) is 53.0 Å². The summed E-state index contributed by atoms with van der Waals surface area (Å²) in [5.41, 5.74) is 11.5. The van der Waals surface area contributed by atoms with E-state index in [9.17, 15) is 38.7 Å². The third kappa shape index (κ3) is 15.4. The Hall–Kier alpha value is -8.72. The lowest BCUT2D eigenvalue weighted by Crippen LogP contribution is -2.65. The van der Waals surface area contributed by atoms with Gasteiger partial charge in [-0.2, -0.15) is 5.10 Å². The molecule has 2 unspecified atom stereocenters. The lowest BCUT2D eigenvalue weighted by molar-refractivity contribution is -0.945. The topological polar surface area (TPSA) is 323 Å². The average Bonchev–Trinajstić information content (AvgIpc) is 0.737. The number of amides is 7. The van der Waals surface area contributed by atoms with Gasteiger partial charge < -0.3 is 61.1 Å². The molecule has 3 aliphatic heterocycles. The van der Waals surface area contributed by atoms with E-state index >= 15 is 0 Å². The van der Waals surface area contributed by atoms with Crippen molar-refractivity contribution in [2.75, 3.05) is 74.6 Å². The first-order valence-corrected chi connectivity index (χ1v) is 35.4. The molecule has 0 spiro atoms. The highest BCUT2D eigenvalue weighted by Gasteiger charge is 2.66. The van der Waals surface area contributed by atoms with Gasteiger partial charge in [-0.3, -0.25) is 33.6 Å². The molecular formula is C72H91N15O10S. The van der Waals surface area contributed by atoms with Crippen LogP contribution in [-0.4, -0.2) is 158 Å². The SMILES string of the molecule is Cc1c(Nc2nc3ccccc3s2)nnc2c1CCCN2c1ccc(-c2cnn(CC34CC5(C)CC(C)(C3)CC(OCC[N+]3(Cc6ccc(NC(=O)[C@H](CCCNC(N)=O)NC(=O)[C@@H](NC(=O)CCOCCN7C(=O)C=CC7=O)C(C)C)cc6)CCCCC3)(C5)C4)c2C)c(C(=O)[O-])n1. The maximum Gasteiger partial charge on any atom is 0.312 e. The Labute approximate surface area is 575 Å². The van der Waals surface area contributed by atoms with Gasteiger partial charge in [0.2, 0.25) is 17.7 Å². The van der Waals surface area contributed by atoms with E-state index in [-0.39, 0.29) is 72.6 Å². The number of fused-ring (bicyclic) bond motifs is 2. The first-order chi connectivity index (χ1) is 46.9. The number of piperidine rings is 1. The molecule has 7 heterocycles. The molecule has 1 saturated heterocycles. The Balaban J connectivity index is 0.677. The van der Waals surface area contributed by atoms with E-state index in [1.54, 1.807) is 31.4 Å². The number of benzene rings is 2. The second-order valence-electron chi connectivity index (χ2n) is 29.4. The van der Waals surface area contributed by atoms with Gasteiger partial charge in [0.05, 0.1) is 73.1 Å². The molecule has 7 amide bonds. The number of carbonyl (C=O) groups excluding carboxylic acids is 7. The summed E-state index contributed by atoms with van der Waals surface area (Å²) < 4.78 is 17.0. The number of urea groups is 1. The number of carboxylic acids is 1. The number of rotatable bonds is 29. The van der Waals surface area contributed by atoms with Gasteiger partial charge in [-0.05, 0) is 156 Å². The molecule has 6 aromatic rings. The van der Waals surface area contributed by atoms with E-state index in [1.165, 1.54) is 18.6 Å². The second kappa shape index (κ2) is 28.6. The molecule has 520 valence electrons. The van der Waals surface area contributed by atoms with Gasteiger partial charge >= 0.3 is 6.03 Å². The van der Waals surface area contributed by atoms with Crippen molar-refractivity contribution in [3.63, 3.8) is 0 Å². The number of thiazole rings is 1. The monoisotopic (exact) mass is 1360 g/mol. The number of carbonyl (C=O) groups is 7. The van der Waals surface area contributed by atoms with Crippen LogP contribution in [0.2, 0.25) is 0 Å². The standard InChI is InChI=1S/C72H91N15O10S/c1-45(2)60(80-57(88)26-33-96-34-29-85-58(89)24-25-59(85)90)65(92)77-54(16-12-27-74-67(73)95)64(91)76-49-20-18-48(19-21-49)37-87(30-10-7-11-31-87)32-35-97-72-41-69(5)38-70(6,42-72)40-71(39-69,43-72)44-86-47(4)52(36-75-86)51-22-23-56(79-61(51)66(93)94)84-28-13-14-50-46(3)62(82-83-63(50)84)81-68-78-53-15-8-9-17-55(53)98-68/h8-9,15,17-25,36,45,54,60H,7,10-14,16,26-35,37-44H2,1-6H3,(H7-,73,74,76,77,78,80,81,82,88,91,92,93,94,95)/t54-,60-,69?,70?,71?,72?/m0/s1. The highest BCUT2D eigenvalue weighted by molar-refractivity contribution is 7.22. The van der Waals surface area contributed by atoms with Gasteiger partial charge in [-0.1, -0.05) is 63.3 Å². The van der Waals surface area contributed by atoms with E-state index in [0.29, 0.717) is 60.4 Å². The molecular weight excluding hydrogens is 1270 g/mol. The highest BCUT2D eigenvalue weighted by Crippen LogP contribution is 2.72. The minimum atomic E-state index is -1.37. The van der Waals surface area contributed by atoms with Crippen LogP contribution in [0.4, 0.5) is 33.1 Å². The van der Waals surface area contributed by atoms with Crippen LogP contribution in [0.1, 0.15) is 144 Å². The number of aromatic carboxylic acids is 1. The number of likely N-dealkylation sites (tertiary alicyclic amines) is 1. The molecule has 5 fully saturated rings. The number of nitrogens with one attached hydrogen (secondary N) is 5. The van der Waals surface area contributed by atoms with Crippen LogP contribution in [0.15, 0.2) is 79.0 Å². The van der Waals surface area contributed by atoms with Gasteiger partial charge in [-0.15, -0.1) is 10.2 Å². The van der Waals surface area contributed by atoms with Crippen molar-refractivity contribution in [1.29, 1.82) is 0 Å². The maximum absolute atomic E-state index is 14.1. The van der Waals surface area contributed by atoms with E-state index in [1.807, 2.05) is 67.3 Å². The van der Waals surface area contributed by atoms with Gasteiger partial charge in [0.1, 0.15) is 31.0 Å². The van der Waals surface area contributed by atoms with Crippen molar-refractivity contribution in [3.05, 3.63) is 107 Å². The number of hydrogen-bond donors (Lipinski definition) is 6. The summed E-state index contributed by atoms with van der Waals surface area (Å²) in [5.74, 6) is -2.29. The molecule has 4 aliphatic carbocycles. The van der Waals surface area contributed by atoms with Crippen molar-refractivity contribution < 1.29 is 52.6 Å². The zero-order chi connectivity index (χ0) is 69.2.